The Balaban J connectivity index is 1.44. The first-order chi connectivity index (χ1) is 20.2. The average molecular weight is 574 g/mol. The van der Waals surface area contributed by atoms with Crippen LogP contribution in [-0.4, -0.2) is 73.9 Å². The number of carbonyl (C=O) groups excluding carboxylic acids is 1. The highest BCUT2D eigenvalue weighted by Crippen LogP contribution is 2.27. The summed E-state index contributed by atoms with van der Waals surface area (Å²) >= 11 is 0. The SMILES string of the molecule is CC(F)Oc1ccc(CC#N)cc1Cn1c2cc(-c3cnc(N4CCN(C(=O)CO)[C@H](C)C4)nc3)ccc2c(=O)n1C. The summed E-state index contributed by atoms with van der Waals surface area (Å²) in [5.74, 6) is 0.604. The van der Waals surface area contributed by atoms with Crippen molar-refractivity contribution in [3.8, 4) is 22.9 Å². The molecule has 12 heteroatoms. The van der Waals surface area contributed by atoms with E-state index in [2.05, 4.69) is 16.0 Å². The average Bonchev–Trinajstić information content (AvgIpc) is 3.22. The van der Waals surface area contributed by atoms with Crippen LogP contribution in [0.1, 0.15) is 25.0 Å². The van der Waals surface area contributed by atoms with E-state index in [0.29, 0.717) is 47.8 Å². The summed E-state index contributed by atoms with van der Waals surface area (Å²) in [5.41, 5.74) is 3.48. The van der Waals surface area contributed by atoms with Gasteiger partial charge in [-0.25, -0.2) is 14.4 Å². The number of hydrogen-bond acceptors (Lipinski definition) is 8. The second-order valence-electron chi connectivity index (χ2n) is 10.4. The minimum Gasteiger partial charge on any atom is -0.460 e. The van der Waals surface area contributed by atoms with Crippen molar-refractivity contribution in [3.05, 3.63) is 70.3 Å². The van der Waals surface area contributed by atoms with Crippen molar-refractivity contribution in [2.45, 2.75) is 39.2 Å². The molecule has 1 amide bonds. The maximum atomic E-state index is 13.8. The summed E-state index contributed by atoms with van der Waals surface area (Å²) in [5, 5.41) is 18.9. The molecule has 1 unspecified atom stereocenters. The van der Waals surface area contributed by atoms with Gasteiger partial charge in [0.1, 0.15) is 12.4 Å². The summed E-state index contributed by atoms with van der Waals surface area (Å²) in [6, 6.07) is 12.7. The molecule has 218 valence electrons. The number of fused-ring (bicyclic) bond motifs is 1. The van der Waals surface area contributed by atoms with Crippen molar-refractivity contribution in [2.24, 2.45) is 7.05 Å². The summed E-state index contributed by atoms with van der Waals surface area (Å²) < 4.78 is 22.5. The number of amides is 1. The van der Waals surface area contributed by atoms with E-state index >= 15 is 0 Å². The molecule has 3 heterocycles. The summed E-state index contributed by atoms with van der Waals surface area (Å²) in [7, 11) is 1.67. The van der Waals surface area contributed by atoms with Crippen LogP contribution >= 0.6 is 0 Å². The maximum Gasteiger partial charge on any atom is 0.274 e. The van der Waals surface area contributed by atoms with Gasteiger partial charge >= 0.3 is 0 Å². The fourth-order valence-electron chi connectivity index (χ4n) is 5.39. The molecule has 42 heavy (non-hydrogen) atoms. The first-order valence-electron chi connectivity index (χ1n) is 13.7. The summed E-state index contributed by atoms with van der Waals surface area (Å²) in [6.45, 7) is 4.52. The number of ether oxygens (including phenoxy) is 1. The second kappa shape index (κ2) is 12.0. The third-order valence-corrected chi connectivity index (χ3v) is 7.52. The lowest BCUT2D eigenvalue weighted by Gasteiger charge is -2.39. The minimum atomic E-state index is -1.53. The third-order valence-electron chi connectivity index (χ3n) is 7.52. The number of hydrogen-bond donors (Lipinski definition) is 1. The highest BCUT2D eigenvalue weighted by molar-refractivity contribution is 5.84. The molecule has 0 aliphatic carbocycles. The van der Waals surface area contributed by atoms with Gasteiger partial charge in [-0.2, -0.15) is 5.26 Å². The molecule has 2 aromatic carbocycles. The number of aromatic nitrogens is 4. The monoisotopic (exact) mass is 573 g/mol. The summed E-state index contributed by atoms with van der Waals surface area (Å²) in [4.78, 5) is 37.8. The number of piperazine rings is 1. The molecule has 1 fully saturated rings. The van der Waals surface area contributed by atoms with Crippen LogP contribution < -0.4 is 15.2 Å². The van der Waals surface area contributed by atoms with Gasteiger partial charge in [-0.1, -0.05) is 12.1 Å². The molecule has 5 rings (SSSR count). The van der Waals surface area contributed by atoms with E-state index in [1.165, 1.54) is 11.6 Å². The van der Waals surface area contributed by atoms with Crippen LogP contribution in [0.2, 0.25) is 0 Å². The number of rotatable bonds is 8. The van der Waals surface area contributed by atoms with E-state index < -0.39 is 13.0 Å². The number of alkyl halides is 1. The number of aliphatic hydroxyl groups is 1. The molecule has 2 aromatic heterocycles. The topological polar surface area (TPSA) is 130 Å². The van der Waals surface area contributed by atoms with Crippen LogP contribution in [0.5, 0.6) is 5.75 Å². The van der Waals surface area contributed by atoms with E-state index in [1.54, 1.807) is 53.3 Å². The third kappa shape index (κ3) is 5.69. The van der Waals surface area contributed by atoms with Gasteiger partial charge in [0, 0.05) is 63.2 Å². The van der Waals surface area contributed by atoms with E-state index in [1.807, 2.05) is 24.0 Å². The summed E-state index contributed by atoms with van der Waals surface area (Å²) in [6.07, 6.45) is 2.12. The van der Waals surface area contributed by atoms with Crippen molar-refractivity contribution >= 4 is 22.8 Å². The quantitative estimate of drug-likeness (QED) is 0.341. The normalized spacial score (nSPS) is 16.0. The van der Waals surface area contributed by atoms with E-state index in [9.17, 15) is 19.1 Å². The number of nitriles is 1. The molecule has 11 nitrogen and oxygen atoms in total. The lowest BCUT2D eigenvalue weighted by Crippen LogP contribution is -2.55. The Morgan fingerprint density at radius 3 is 2.62 bits per heavy atom. The standard InChI is InChI=1S/C30H32FN7O4/c1-19-16-36(10-11-37(19)28(40)18-39)30-33-14-24(15-34-30)22-5-6-25-26(13-22)38(35(3)29(25)41)17-23-12-21(8-9-32)4-7-27(23)42-20(2)31/h4-7,12-15,19-20,39H,8,10-11,16-18H2,1-3H3/t19-,20?/m1/s1. The van der Waals surface area contributed by atoms with E-state index in [0.717, 1.165) is 16.7 Å². The van der Waals surface area contributed by atoms with E-state index in [4.69, 9.17) is 10.00 Å². The highest BCUT2D eigenvalue weighted by Gasteiger charge is 2.28. The first kappa shape index (κ1) is 28.8. The Labute approximate surface area is 242 Å². The Bertz CT molecular complexity index is 1710. The Hall–Kier alpha value is -4.76. The first-order valence-corrected chi connectivity index (χ1v) is 13.7. The molecule has 0 bridgehead atoms. The van der Waals surface area contributed by atoms with Gasteiger partial charge in [0.05, 0.1) is 29.9 Å². The van der Waals surface area contributed by atoms with Crippen LogP contribution in [-0.2, 0) is 24.8 Å². The number of anilines is 1. The van der Waals surface area contributed by atoms with E-state index in [-0.39, 0.29) is 30.5 Å². The Kier molecular flexibility index (Phi) is 8.22. The molecule has 1 N–H and O–H groups in total. The number of benzene rings is 2. The fraction of sp³-hybridized carbons (Fsp3) is 0.367. The number of nitrogens with zero attached hydrogens (tertiary/aromatic N) is 7. The van der Waals surface area contributed by atoms with Crippen LogP contribution in [0, 0.1) is 11.3 Å². The molecule has 0 spiro atoms. The smallest absolute Gasteiger partial charge is 0.274 e. The molecule has 0 radical (unpaired) electrons. The van der Waals surface area contributed by atoms with Gasteiger partial charge in [-0.3, -0.25) is 19.0 Å². The van der Waals surface area contributed by atoms with Gasteiger partial charge in [0.15, 0.2) is 0 Å². The van der Waals surface area contributed by atoms with Crippen molar-refractivity contribution in [3.63, 3.8) is 0 Å². The molecule has 1 saturated heterocycles. The Morgan fingerprint density at radius 1 is 1.19 bits per heavy atom. The van der Waals surface area contributed by atoms with Crippen molar-refractivity contribution < 1.29 is 19.0 Å². The van der Waals surface area contributed by atoms with Crippen LogP contribution in [0.15, 0.2) is 53.6 Å². The molecular weight excluding hydrogens is 541 g/mol. The van der Waals surface area contributed by atoms with Gasteiger partial charge < -0.3 is 19.6 Å². The highest BCUT2D eigenvalue weighted by atomic mass is 19.1. The van der Waals surface area contributed by atoms with Gasteiger partial charge in [-0.15, -0.1) is 0 Å². The molecule has 0 saturated carbocycles. The molecule has 2 atom stereocenters. The van der Waals surface area contributed by atoms with Crippen molar-refractivity contribution in [1.29, 1.82) is 5.26 Å². The van der Waals surface area contributed by atoms with Crippen LogP contribution in [0.3, 0.4) is 0 Å². The molecule has 1 aliphatic rings. The van der Waals surface area contributed by atoms with Crippen LogP contribution in [0.4, 0.5) is 10.3 Å². The predicted molar refractivity (Wildman–Crippen MR) is 155 cm³/mol. The zero-order valence-electron chi connectivity index (χ0n) is 23.7. The van der Waals surface area contributed by atoms with Crippen LogP contribution in [0.25, 0.3) is 22.0 Å². The van der Waals surface area contributed by atoms with Crippen molar-refractivity contribution in [2.75, 3.05) is 31.1 Å². The minimum absolute atomic E-state index is 0.0847. The zero-order valence-corrected chi connectivity index (χ0v) is 23.7. The Morgan fingerprint density at radius 2 is 1.95 bits per heavy atom. The van der Waals surface area contributed by atoms with Gasteiger partial charge in [-0.05, 0) is 42.3 Å². The predicted octanol–water partition coefficient (Wildman–Crippen LogP) is 2.64. The number of carbonyl (C=O) groups is 1. The van der Waals surface area contributed by atoms with Crippen molar-refractivity contribution in [1.82, 2.24) is 24.2 Å². The van der Waals surface area contributed by atoms with Gasteiger partial charge in [0.2, 0.25) is 18.2 Å². The molecule has 4 aromatic rings. The number of halogens is 1. The van der Waals surface area contributed by atoms with Gasteiger partial charge in [0.25, 0.3) is 5.56 Å². The molecular formula is C30H32FN7O4. The fourth-order valence-corrected chi connectivity index (χ4v) is 5.39. The number of aliphatic hydroxyl groups excluding tert-OH is 1. The second-order valence-corrected chi connectivity index (χ2v) is 10.4. The lowest BCUT2D eigenvalue weighted by molar-refractivity contribution is -0.136. The molecule has 1 aliphatic heterocycles. The zero-order chi connectivity index (χ0) is 30.0. The maximum absolute atomic E-state index is 13.8. The largest absolute Gasteiger partial charge is 0.460 e. The lowest BCUT2D eigenvalue weighted by atomic mass is 10.1.